The minimum Gasteiger partial charge on any atom is -0.475 e. The van der Waals surface area contributed by atoms with Gasteiger partial charge in [0.1, 0.15) is 0 Å². The summed E-state index contributed by atoms with van der Waals surface area (Å²) in [5.74, 6) is -2.87. The summed E-state index contributed by atoms with van der Waals surface area (Å²) in [4.78, 5) is 26.4. The van der Waals surface area contributed by atoms with Crippen molar-refractivity contribution in [3.8, 4) is 0 Å². The van der Waals surface area contributed by atoms with E-state index in [1.165, 1.54) is 9.87 Å². The number of carboxylic acid groups (broad SMARTS) is 1. The molecule has 0 aliphatic carbocycles. The molecule has 0 spiro atoms. The first kappa shape index (κ1) is 31.5. The second-order valence-corrected chi connectivity index (χ2v) is 11.6. The van der Waals surface area contributed by atoms with Crippen LogP contribution in [-0.4, -0.2) is 97.5 Å². The van der Waals surface area contributed by atoms with Gasteiger partial charge in [0.05, 0.1) is 11.4 Å². The Kier molecular flexibility index (Phi) is 11.1. The van der Waals surface area contributed by atoms with Crippen LogP contribution in [0.5, 0.6) is 0 Å². The van der Waals surface area contributed by atoms with Crippen LogP contribution in [-0.2, 0) is 26.2 Å². The number of hydrogen-bond donors (Lipinski definition) is 2. The van der Waals surface area contributed by atoms with Gasteiger partial charge >= 0.3 is 12.1 Å². The number of nitrogens with one attached hydrogen (secondary N) is 1. The van der Waals surface area contributed by atoms with E-state index in [2.05, 4.69) is 22.3 Å². The highest BCUT2D eigenvalue weighted by Gasteiger charge is 2.38. The summed E-state index contributed by atoms with van der Waals surface area (Å²) in [6.45, 7) is 6.91. The predicted molar refractivity (Wildman–Crippen MR) is 143 cm³/mol. The first-order valence-corrected chi connectivity index (χ1v) is 14.5. The quantitative estimate of drug-likeness (QED) is 0.515. The zero-order valence-corrected chi connectivity index (χ0v) is 23.1. The highest BCUT2D eigenvalue weighted by molar-refractivity contribution is 7.89. The number of aryl methyl sites for hydroxylation is 1. The summed E-state index contributed by atoms with van der Waals surface area (Å²) in [5, 5.41) is 10.4. The van der Waals surface area contributed by atoms with E-state index in [0.717, 1.165) is 32.7 Å². The fraction of sp³-hybridized carbons (Fsp3) is 0.481. The molecule has 2 aromatic carbocycles. The van der Waals surface area contributed by atoms with Gasteiger partial charge in [0, 0.05) is 51.9 Å². The standard InChI is InChI=1S/C25H34N4O3S.C2HF3O2/c1-21-7-5-6-10-24(21)33(31,32)29(20-25(30)28-17-13-26-14-18-28)23-11-15-27(16-12-23)19-22-8-3-2-4-9-22;3-2(4,5)1(6)7/h2-10,23,26H,11-20H2,1H3;(H,6,7). The fourth-order valence-corrected chi connectivity index (χ4v) is 6.60. The van der Waals surface area contributed by atoms with Gasteiger partial charge in [-0.2, -0.15) is 17.5 Å². The molecule has 2 N–H and O–H groups in total. The number of nitrogens with zero attached hydrogens (tertiary/aromatic N) is 3. The summed E-state index contributed by atoms with van der Waals surface area (Å²) < 4.78 is 60.8. The molecule has 220 valence electrons. The van der Waals surface area contributed by atoms with Gasteiger partial charge in [0.25, 0.3) is 0 Å². The lowest BCUT2D eigenvalue weighted by molar-refractivity contribution is -0.192. The van der Waals surface area contributed by atoms with Crippen LogP contribution in [0.2, 0.25) is 0 Å². The highest BCUT2D eigenvalue weighted by atomic mass is 32.2. The Bertz CT molecular complexity index is 1230. The summed E-state index contributed by atoms with van der Waals surface area (Å²) in [6.07, 6.45) is -3.65. The molecule has 40 heavy (non-hydrogen) atoms. The number of hydrogen-bond acceptors (Lipinski definition) is 6. The number of piperidine rings is 1. The number of likely N-dealkylation sites (tertiary alicyclic amines) is 1. The molecule has 9 nitrogen and oxygen atoms in total. The minimum absolute atomic E-state index is 0.0972. The maximum atomic E-state index is 13.8. The van der Waals surface area contributed by atoms with Crippen molar-refractivity contribution >= 4 is 21.9 Å². The van der Waals surface area contributed by atoms with Gasteiger partial charge in [-0.05, 0) is 37.0 Å². The summed E-state index contributed by atoms with van der Waals surface area (Å²) in [6, 6.07) is 17.2. The molecule has 0 aromatic heterocycles. The number of carboxylic acids is 1. The van der Waals surface area contributed by atoms with Crippen molar-refractivity contribution in [2.45, 2.75) is 43.4 Å². The molecule has 2 heterocycles. The van der Waals surface area contributed by atoms with E-state index in [1.807, 2.05) is 37.3 Å². The maximum absolute atomic E-state index is 13.8. The largest absolute Gasteiger partial charge is 0.490 e. The normalized spacial score (nSPS) is 17.3. The van der Waals surface area contributed by atoms with Gasteiger partial charge in [-0.3, -0.25) is 9.69 Å². The Balaban J connectivity index is 0.000000559. The number of rotatable bonds is 7. The van der Waals surface area contributed by atoms with Gasteiger partial charge in [-0.1, -0.05) is 48.5 Å². The van der Waals surface area contributed by atoms with Crippen molar-refractivity contribution in [2.75, 3.05) is 45.8 Å². The average Bonchev–Trinajstić information content (AvgIpc) is 2.93. The second-order valence-electron chi connectivity index (χ2n) is 9.74. The van der Waals surface area contributed by atoms with E-state index in [1.54, 1.807) is 17.0 Å². The Hall–Kier alpha value is -3.00. The number of carbonyl (C=O) groups is 2. The molecule has 2 aromatic rings. The van der Waals surface area contributed by atoms with Crippen LogP contribution in [0, 0.1) is 6.92 Å². The van der Waals surface area contributed by atoms with Crippen molar-refractivity contribution in [2.24, 2.45) is 0 Å². The lowest BCUT2D eigenvalue weighted by Crippen LogP contribution is -2.53. The maximum Gasteiger partial charge on any atom is 0.490 e. The van der Waals surface area contributed by atoms with Crippen molar-refractivity contribution in [1.82, 2.24) is 19.4 Å². The molecule has 0 radical (unpaired) electrons. The smallest absolute Gasteiger partial charge is 0.475 e. The molecule has 2 saturated heterocycles. The first-order chi connectivity index (χ1) is 18.9. The zero-order chi connectivity index (χ0) is 29.3. The molecule has 0 atom stereocenters. The van der Waals surface area contributed by atoms with Crippen LogP contribution in [0.3, 0.4) is 0 Å². The summed E-state index contributed by atoms with van der Waals surface area (Å²) in [5.41, 5.74) is 1.97. The van der Waals surface area contributed by atoms with Crippen LogP contribution in [0.15, 0.2) is 59.5 Å². The van der Waals surface area contributed by atoms with Crippen molar-refractivity contribution in [3.63, 3.8) is 0 Å². The molecule has 4 rings (SSSR count). The third-order valence-electron chi connectivity index (χ3n) is 6.90. The van der Waals surface area contributed by atoms with Gasteiger partial charge in [0.15, 0.2) is 0 Å². The Morgan fingerprint density at radius 3 is 2.08 bits per heavy atom. The molecular weight excluding hydrogens is 549 g/mol. The second kappa shape index (κ2) is 14.1. The van der Waals surface area contributed by atoms with E-state index in [4.69, 9.17) is 9.90 Å². The molecule has 0 unspecified atom stereocenters. The number of benzene rings is 2. The topological polar surface area (TPSA) is 110 Å². The van der Waals surface area contributed by atoms with Crippen LogP contribution in [0.4, 0.5) is 13.2 Å². The Morgan fingerprint density at radius 2 is 1.52 bits per heavy atom. The van der Waals surface area contributed by atoms with Crippen LogP contribution >= 0.6 is 0 Å². The molecule has 0 saturated carbocycles. The summed E-state index contributed by atoms with van der Waals surface area (Å²) >= 11 is 0. The predicted octanol–water partition coefficient (Wildman–Crippen LogP) is 2.72. The molecule has 1 amide bonds. The molecule has 2 aliphatic rings. The number of amides is 1. The number of halogens is 3. The lowest BCUT2D eigenvalue weighted by Gasteiger charge is -2.38. The van der Waals surface area contributed by atoms with Crippen LogP contribution in [0.25, 0.3) is 0 Å². The van der Waals surface area contributed by atoms with E-state index in [-0.39, 0.29) is 18.5 Å². The molecule has 2 fully saturated rings. The van der Waals surface area contributed by atoms with Crippen LogP contribution < -0.4 is 5.32 Å². The molecule has 13 heteroatoms. The summed E-state index contributed by atoms with van der Waals surface area (Å²) in [7, 11) is -3.79. The number of piperazine rings is 1. The van der Waals surface area contributed by atoms with E-state index in [9.17, 15) is 26.4 Å². The molecule has 2 aliphatic heterocycles. The van der Waals surface area contributed by atoms with Crippen molar-refractivity contribution in [1.29, 1.82) is 0 Å². The van der Waals surface area contributed by atoms with Gasteiger partial charge < -0.3 is 15.3 Å². The first-order valence-electron chi connectivity index (χ1n) is 13.0. The third kappa shape index (κ3) is 8.75. The average molecular weight is 585 g/mol. The van der Waals surface area contributed by atoms with Crippen molar-refractivity contribution < 1.29 is 36.3 Å². The number of carbonyl (C=O) groups excluding carboxylic acids is 1. The molecule has 0 bridgehead atoms. The van der Waals surface area contributed by atoms with Gasteiger partial charge in [-0.15, -0.1) is 0 Å². The SMILES string of the molecule is Cc1ccccc1S(=O)(=O)N(CC(=O)N1CCNCC1)C1CCN(Cc2ccccc2)CC1.O=C(O)C(F)(F)F. The van der Waals surface area contributed by atoms with Crippen molar-refractivity contribution in [3.05, 3.63) is 65.7 Å². The Morgan fingerprint density at radius 1 is 0.975 bits per heavy atom. The van der Waals surface area contributed by atoms with Gasteiger partial charge in [0.2, 0.25) is 15.9 Å². The number of aliphatic carboxylic acids is 1. The van der Waals surface area contributed by atoms with E-state index >= 15 is 0 Å². The highest BCUT2D eigenvalue weighted by Crippen LogP contribution is 2.27. The minimum atomic E-state index is -5.08. The fourth-order valence-electron chi connectivity index (χ4n) is 4.74. The lowest BCUT2D eigenvalue weighted by atomic mass is 10.0. The van der Waals surface area contributed by atoms with Gasteiger partial charge in [-0.25, -0.2) is 13.2 Å². The zero-order valence-electron chi connectivity index (χ0n) is 22.3. The van der Waals surface area contributed by atoms with E-state index in [0.29, 0.717) is 36.4 Å². The number of alkyl halides is 3. The van der Waals surface area contributed by atoms with Crippen LogP contribution in [0.1, 0.15) is 24.0 Å². The monoisotopic (exact) mass is 584 g/mol. The number of sulfonamides is 1. The van der Waals surface area contributed by atoms with E-state index < -0.39 is 22.2 Å². The Labute approximate surface area is 232 Å². The molecular formula is C27H35F3N4O5S. The third-order valence-corrected chi connectivity index (χ3v) is 8.96.